The molecule has 0 radical (unpaired) electrons. The topological polar surface area (TPSA) is 99.8 Å². The zero-order chi connectivity index (χ0) is 16.6. The Kier molecular flexibility index (Phi) is 3.76. The highest BCUT2D eigenvalue weighted by Gasteiger charge is 2.36. The first-order chi connectivity index (χ1) is 11.0. The van der Waals surface area contributed by atoms with Gasteiger partial charge in [-0.05, 0) is 19.1 Å². The predicted octanol–water partition coefficient (Wildman–Crippen LogP) is 2.24. The van der Waals surface area contributed by atoms with Crippen LogP contribution in [0.5, 0.6) is 0 Å². The number of carbonyl (C=O) groups excluding carboxylic acids is 2. The lowest BCUT2D eigenvalue weighted by Crippen LogP contribution is -2.23. The number of rotatable bonds is 3. The summed E-state index contributed by atoms with van der Waals surface area (Å²) in [5.74, 6) is -0.387. The highest BCUT2D eigenvalue weighted by Crippen LogP contribution is 2.31. The molecule has 116 valence electrons. The van der Waals surface area contributed by atoms with E-state index in [2.05, 4.69) is 15.7 Å². The molecule has 1 aromatic heterocycles. The lowest BCUT2D eigenvalue weighted by molar-refractivity contribution is -0.123. The minimum absolute atomic E-state index is 0.101. The van der Waals surface area contributed by atoms with Crippen molar-refractivity contribution in [3.05, 3.63) is 40.5 Å². The van der Waals surface area contributed by atoms with Gasteiger partial charge in [-0.1, -0.05) is 23.7 Å². The van der Waals surface area contributed by atoms with Crippen LogP contribution in [-0.2, 0) is 9.59 Å². The molecule has 0 saturated carbocycles. The zero-order valence-electron chi connectivity index (χ0n) is 12.1. The number of carbonyl (C=O) groups is 2. The van der Waals surface area contributed by atoms with Crippen molar-refractivity contribution in [1.82, 2.24) is 9.78 Å². The number of nitrogens with one attached hydrogen (secondary N) is 2. The number of benzene rings is 1. The highest BCUT2D eigenvalue weighted by atomic mass is 35.5. The summed E-state index contributed by atoms with van der Waals surface area (Å²) in [6.45, 7) is 1.68. The van der Waals surface area contributed by atoms with E-state index in [1.165, 1.54) is 4.68 Å². The molecule has 0 saturated heterocycles. The van der Waals surface area contributed by atoms with Crippen molar-refractivity contribution in [3.63, 3.8) is 0 Å². The van der Waals surface area contributed by atoms with Gasteiger partial charge in [-0.3, -0.25) is 9.59 Å². The monoisotopic (exact) mass is 329 g/mol. The van der Waals surface area contributed by atoms with Crippen LogP contribution in [0.15, 0.2) is 24.3 Å². The molecule has 0 fully saturated rings. The van der Waals surface area contributed by atoms with Gasteiger partial charge in [0.25, 0.3) is 5.91 Å². The van der Waals surface area contributed by atoms with Crippen LogP contribution in [0.3, 0.4) is 0 Å². The van der Waals surface area contributed by atoms with Gasteiger partial charge in [0, 0.05) is 0 Å². The number of nitrogens with zero attached hydrogens (tertiary/aromatic N) is 3. The first kappa shape index (κ1) is 15.1. The average Bonchev–Trinajstić information content (AvgIpc) is 2.96. The zero-order valence-corrected chi connectivity index (χ0v) is 12.9. The summed E-state index contributed by atoms with van der Waals surface area (Å²) < 4.78 is 1.39. The fourth-order valence-corrected chi connectivity index (χ4v) is 2.64. The largest absolute Gasteiger partial charge is 0.325 e. The van der Waals surface area contributed by atoms with E-state index in [4.69, 9.17) is 16.9 Å². The van der Waals surface area contributed by atoms with Crippen LogP contribution in [0.4, 0.5) is 11.5 Å². The molecule has 1 aliphatic heterocycles. The third-order valence-electron chi connectivity index (χ3n) is 3.56. The number of halogens is 1. The third kappa shape index (κ3) is 2.64. The van der Waals surface area contributed by atoms with Gasteiger partial charge in [0.05, 0.1) is 22.8 Å². The number of amides is 2. The number of aryl methyl sites for hydroxylation is 1. The molecule has 2 heterocycles. The van der Waals surface area contributed by atoms with Crippen molar-refractivity contribution >= 4 is 34.9 Å². The van der Waals surface area contributed by atoms with Crippen molar-refractivity contribution < 1.29 is 9.59 Å². The summed E-state index contributed by atoms with van der Waals surface area (Å²) in [4.78, 5) is 24.2. The van der Waals surface area contributed by atoms with Gasteiger partial charge in [-0.15, -0.1) is 0 Å². The number of anilines is 2. The van der Waals surface area contributed by atoms with E-state index < -0.39 is 6.04 Å². The molecular formula is C15H12ClN5O2. The first-order valence-corrected chi connectivity index (χ1v) is 7.23. The number of aromatic nitrogens is 2. The van der Waals surface area contributed by atoms with Crippen LogP contribution in [0, 0.1) is 18.3 Å². The van der Waals surface area contributed by atoms with E-state index in [9.17, 15) is 9.59 Å². The summed E-state index contributed by atoms with van der Waals surface area (Å²) in [5.41, 5.74) is 1.30. The molecule has 0 bridgehead atoms. The number of para-hydroxylation sites is 1. The average molecular weight is 330 g/mol. The van der Waals surface area contributed by atoms with E-state index in [1.54, 1.807) is 31.2 Å². The molecule has 1 atom stereocenters. The van der Waals surface area contributed by atoms with Crippen LogP contribution in [0.25, 0.3) is 0 Å². The SMILES string of the molecule is Cc1nn2c(c1C#N)NC(=O)C2CC(=O)Nc1ccccc1Cl. The standard InChI is InChI=1S/C15H12ClN5O2/c1-8-9(7-17)14-19-15(23)12(21(14)20-8)6-13(22)18-11-5-3-2-4-10(11)16/h2-5,12H,6H2,1H3,(H,18,22)(H,19,23). The maximum Gasteiger partial charge on any atom is 0.251 e. The van der Waals surface area contributed by atoms with Crippen molar-refractivity contribution in [2.45, 2.75) is 19.4 Å². The molecule has 3 rings (SSSR count). The molecule has 1 unspecified atom stereocenters. The molecule has 1 aliphatic rings. The van der Waals surface area contributed by atoms with Crippen LogP contribution in [0.2, 0.25) is 5.02 Å². The number of hydrogen-bond acceptors (Lipinski definition) is 4. The summed E-state index contributed by atoms with van der Waals surface area (Å²) >= 11 is 5.99. The van der Waals surface area contributed by atoms with Crippen LogP contribution in [0.1, 0.15) is 23.7 Å². The Morgan fingerprint density at radius 2 is 2.26 bits per heavy atom. The van der Waals surface area contributed by atoms with E-state index in [1.807, 2.05) is 6.07 Å². The molecule has 7 nitrogen and oxygen atoms in total. The summed E-state index contributed by atoms with van der Waals surface area (Å²) in [6.07, 6.45) is -0.101. The Morgan fingerprint density at radius 3 is 2.96 bits per heavy atom. The molecule has 8 heteroatoms. The van der Waals surface area contributed by atoms with Crippen LogP contribution in [-0.4, -0.2) is 21.6 Å². The van der Waals surface area contributed by atoms with Gasteiger partial charge in [-0.25, -0.2) is 4.68 Å². The van der Waals surface area contributed by atoms with Gasteiger partial charge in [-0.2, -0.15) is 10.4 Å². The van der Waals surface area contributed by atoms with E-state index in [0.29, 0.717) is 27.8 Å². The lowest BCUT2D eigenvalue weighted by atomic mass is 10.2. The maximum absolute atomic E-state index is 12.2. The Morgan fingerprint density at radius 1 is 1.52 bits per heavy atom. The minimum atomic E-state index is -0.784. The number of nitriles is 1. The van der Waals surface area contributed by atoms with Crippen molar-refractivity contribution in [1.29, 1.82) is 5.26 Å². The highest BCUT2D eigenvalue weighted by molar-refractivity contribution is 6.33. The van der Waals surface area contributed by atoms with Gasteiger partial charge >= 0.3 is 0 Å². The summed E-state index contributed by atoms with van der Waals surface area (Å²) in [6, 6.07) is 8.05. The van der Waals surface area contributed by atoms with Gasteiger partial charge in [0.15, 0.2) is 0 Å². The molecule has 0 spiro atoms. The molecule has 2 aromatic rings. The Hall–Kier alpha value is -2.85. The van der Waals surface area contributed by atoms with E-state index in [-0.39, 0.29) is 18.2 Å². The summed E-state index contributed by atoms with van der Waals surface area (Å²) in [7, 11) is 0. The number of hydrogen-bond donors (Lipinski definition) is 2. The normalized spacial score (nSPS) is 15.7. The van der Waals surface area contributed by atoms with Crippen LogP contribution < -0.4 is 10.6 Å². The first-order valence-electron chi connectivity index (χ1n) is 6.85. The third-order valence-corrected chi connectivity index (χ3v) is 3.89. The molecule has 2 N–H and O–H groups in total. The molecular weight excluding hydrogens is 318 g/mol. The quantitative estimate of drug-likeness (QED) is 0.901. The smallest absolute Gasteiger partial charge is 0.251 e. The second kappa shape index (κ2) is 5.74. The molecule has 0 aliphatic carbocycles. The van der Waals surface area contributed by atoms with E-state index >= 15 is 0 Å². The van der Waals surface area contributed by atoms with Gasteiger partial charge < -0.3 is 10.6 Å². The van der Waals surface area contributed by atoms with Crippen molar-refractivity contribution in [2.24, 2.45) is 0 Å². The molecule has 2 amide bonds. The molecule has 23 heavy (non-hydrogen) atoms. The van der Waals surface area contributed by atoms with Crippen LogP contribution >= 0.6 is 11.6 Å². The second-order valence-electron chi connectivity index (χ2n) is 5.10. The minimum Gasteiger partial charge on any atom is -0.325 e. The second-order valence-corrected chi connectivity index (χ2v) is 5.51. The summed E-state index contributed by atoms with van der Waals surface area (Å²) in [5, 5.41) is 19.0. The lowest BCUT2D eigenvalue weighted by Gasteiger charge is -2.10. The van der Waals surface area contributed by atoms with Gasteiger partial charge in [0.1, 0.15) is 23.5 Å². The van der Waals surface area contributed by atoms with Crippen molar-refractivity contribution in [2.75, 3.05) is 10.6 Å². The Labute approximate surface area is 136 Å². The Balaban J connectivity index is 1.79. The Bertz CT molecular complexity index is 852. The fourth-order valence-electron chi connectivity index (χ4n) is 2.46. The van der Waals surface area contributed by atoms with Crippen molar-refractivity contribution in [3.8, 4) is 6.07 Å². The fraction of sp³-hybridized carbons (Fsp3) is 0.200. The number of fused-ring (bicyclic) bond motifs is 1. The maximum atomic E-state index is 12.2. The van der Waals surface area contributed by atoms with Gasteiger partial charge in [0.2, 0.25) is 5.91 Å². The predicted molar refractivity (Wildman–Crippen MR) is 84.0 cm³/mol. The molecule has 1 aromatic carbocycles. The van der Waals surface area contributed by atoms with E-state index in [0.717, 1.165) is 0 Å².